The van der Waals surface area contributed by atoms with Crippen LogP contribution in [0.3, 0.4) is 0 Å². The Balaban J connectivity index is 4.59. The van der Waals surface area contributed by atoms with E-state index in [0.717, 1.165) is 12.8 Å². The van der Waals surface area contributed by atoms with E-state index < -0.39 is 11.5 Å². The predicted molar refractivity (Wildman–Crippen MR) is 80.8 cm³/mol. The SMILES string of the molecule is CCC(C)CC(C)NC(=O)N(CCC(=O)O)C(C)(C)C. The maximum Gasteiger partial charge on any atom is 0.318 e. The van der Waals surface area contributed by atoms with Gasteiger partial charge in [0.05, 0.1) is 6.42 Å². The second-order valence-corrected chi connectivity index (χ2v) is 6.57. The van der Waals surface area contributed by atoms with Gasteiger partial charge in [-0.1, -0.05) is 20.3 Å². The summed E-state index contributed by atoms with van der Waals surface area (Å²) in [6, 6.07) is -0.0957. The molecule has 2 amide bonds. The number of carboxylic acids is 1. The Morgan fingerprint density at radius 2 is 1.80 bits per heavy atom. The third-order valence-electron chi connectivity index (χ3n) is 3.43. The van der Waals surface area contributed by atoms with Crippen LogP contribution in [-0.2, 0) is 4.79 Å². The van der Waals surface area contributed by atoms with Gasteiger partial charge in [0.25, 0.3) is 0 Å². The van der Waals surface area contributed by atoms with Gasteiger partial charge in [0.2, 0.25) is 0 Å². The van der Waals surface area contributed by atoms with Crippen molar-refractivity contribution in [1.29, 1.82) is 0 Å². The van der Waals surface area contributed by atoms with Crippen LogP contribution in [0.1, 0.15) is 60.8 Å². The molecular formula is C15H30N2O3. The van der Waals surface area contributed by atoms with E-state index in [2.05, 4.69) is 19.2 Å². The van der Waals surface area contributed by atoms with Gasteiger partial charge in [-0.3, -0.25) is 4.79 Å². The van der Waals surface area contributed by atoms with Gasteiger partial charge < -0.3 is 15.3 Å². The van der Waals surface area contributed by atoms with Crippen molar-refractivity contribution >= 4 is 12.0 Å². The number of carbonyl (C=O) groups is 2. The molecule has 0 spiro atoms. The van der Waals surface area contributed by atoms with Crippen molar-refractivity contribution < 1.29 is 14.7 Å². The number of nitrogens with one attached hydrogen (secondary N) is 1. The first-order valence-electron chi connectivity index (χ1n) is 7.37. The van der Waals surface area contributed by atoms with Crippen LogP contribution in [0.25, 0.3) is 0 Å². The Bertz CT molecular complexity index is 324. The molecule has 2 N–H and O–H groups in total. The van der Waals surface area contributed by atoms with E-state index in [1.807, 2.05) is 27.7 Å². The number of amides is 2. The molecule has 118 valence electrons. The van der Waals surface area contributed by atoms with Crippen molar-refractivity contribution in [2.24, 2.45) is 5.92 Å². The molecule has 0 aliphatic heterocycles. The molecule has 0 rings (SSSR count). The number of hydrogen-bond acceptors (Lipinski definition) is 2. The Hall–Kier alpha value is -1.26. The molecular weight excluding hydrogens is 256 g/mol. The minimum Gasteiger partial charge on any atom is -0.481 e. The highest BCUT2D eigenvalue weighted by atomic mass is 16.4. The van der Waals surface area contributed by atoms with Gasteiger partial charge in [0.15, 0.2) is 0 Å². The smallest absolute Gasteiger partial charge is 0.318 e. The van der Waals surface area contributed by atoms with Crippen LogP contribution >= 0.6 is 0 Å². The first kappa shape index (κ1) is 18.7. The zero-order valence-corrected chi connectivity index (χ0v) is 13.7. The molecule has 0 aliphatic carbocycles. The van der Waals surface area contributed by atoms with Crippen molar-refractivity contribution in [3.63, 3.8) is 0 Å². The van der Waals surface area contributed by atoms with Gasteiger partial charge in [-0.15, -0.1) is 0 Å². The zero-order chi connectivity index (χ0) is 15.9. The number of urea groups is 1. The van der Waals surface area contributed by atoms with Crippen LogP contribution in [0.2, 0.25) is 0 Å². The van der Waals surface area contributed by atoms with E-state index in [1.54, 1.807) is 4.90 Å². The fourth-order valence-corrected chi connectivity index (χ4v) is 2.07. The molecule has 0 fully saturated rings. The van der Waals surface area contributed by atoms with Gasteiger partial charge in [-0.25, -0.2) is 4.79 Å². The summed E-state index contributed by atoms with van der Waals surface area (Å²) in [5, 5.41) is 11.8. The summed E-state index contributed by atoms with van der Waals surface area (Å²) in [4.78, 5) is 24.6. The highest BCUT2D eigenvalue weighted by Crippen LogP contribution is 2.15. The normalized spacial score (nSPS) is 14.5. The highest BCUT2D eigenvalue weighted by molar-refractivity contribution is 5.76. The van der Waals surface area contributed by atoms with Crippen molar-refractivity contribution in [2.75, 3.05) is 6.54 Å². The summed E-state index contributed by atoms with van der Waals surface area (Å²) in [6.07, 6.45) is 1.98. The minimum atomic E-state index is -0.889. The molecule has 0 saturated heterocycles. The van der Waals surface area contributed by atoms with E-state index in [0.29, 0.717) is 5.92 Å². The molecule has 0 radical (unpaired) electrons. The van der Waals surface area contributed by atoms with Gasteiger partial charge in [0, 0.05) is 18.1 Å². The molecule has 2 unspecified atom stereocenters. The van der Waals surface area contributed by atoms with E-state index >= 15 is 0 Å². The van der Waals surface area contributed by atoms with Crippen molar-refractivity contribution in [1.82, 2.24) is 10.2 Å². The van der Waals surface area contributed by atoms with E-state index in [4.69, 9.17) is 5.11 Å². The standard InChI is InChI=1S/C15H30N2O3/c1-7-11(2)10-12(3)16-14(20)17(15(4,5)6)9-8-13(18)19/h11-12H,7-10H2,1-6H3,(H,16,20)(H,18,19). The molecule has 5 heteroatoms. The molecule has 0 bridgehead atoms. The first-order valence-corrected chi connectivity index (χ1v) is 7.37. The third kappa shape index (κ3) is 7.36. The predicted octanol–water partition coefficient (Wildman–Crippen LogP) is 3.10. The molecule has 0 aliphatic rings. The van der Waals surface area contributed by atoms with Crippen molar-refractivity contribution in [3.8, 4) is 0 Å². The Morgan fingerprint density at radius 1 is 1.25 bits per heavy atom. The van der Waals surface area contributed by atoms with Crippen LogP contribution in [-0.4, -0.2) is 40.1 Å². The fraction of sp³-hybridized carbons (Fsp3) is 0.867. The summed E-state index contributed by atoms with van der Waals surface area (Å²) in [7, 11) is 0. The summed E-state index contributed by atoms with van der Waals surface area (Å²) in [6.45, 7) is 12.2. The molecule has 0 saturated carbocycles. The van der Waals surface area contributed by atoms with Crippen molar-refractivity contribution in [2.45, 2.75) is 72.4 Å². The summed E-state index contributed by atoms with van der Waals surface area (Å²) >= 11 is 0. The number of carbonyl (C=O) groups excluding carboxylic acids is 1. The summed E-state index contributed by atoms with van der Waals surface area (Å²) < 4.78 is 0. The minimum absolute atomic E-state index is 0.0373. The van der Waals surface area contributed by atoms with Gasteiger partial charge >= 0.3 is 12.0 Å². The molecule has 20 heavy (non-hydrogen) atoms. The van der Waals surface area contributed by atoms with Gasteiger partial charge in [-0.05, 0) is 40.0 Å². The van der Waals surface area contributed by atoms with Crippen LogP contribution < -0.4 is 5.32 Å². The maximum atomic E-state index is 12.3. The lowest BCUT2D eigenvalue weighted by molar-refractivity contribution is -0.137. The molecule has 2 atom stereocenters. The zero-order valence-electron chi connectivity index (χ0n) is 13.7. The van der Waals surface area contributed by atoms with E-state index in [1.165, 1.54) is 0 Å². The Morgan fingerprint density at radius 3 is 2.20 bits per heavy atom. The molecule has 0 aromatic heterocycles. The van der Waals surface area contributed by atoms with Crippen LogP contribution in [0.15, 0.2) is 0 Å². The Kier molecular flexibility index (Phi) is 7.61. The summed E-state index contributed by atoms with van der Waals surface area (Å²) in [5.74, 6) is -0.327. The largest absolute Gasteiger partial charge is 0.481 e. The lowest BCUT2D eigenvalue weighted by Crippen LogP contribution is -2.53. The third-order valence-corrected chi connectivity index (χ3v) is 3.43. The van der Waals surface area contributed by atoms with E-state index in [-0.39, 0.29) is 25.0 Å². The fourth-order valence-electron chi connectivity index (χ4n) is 2.07. The second-order valence-electron chi connectivity index (χ2n) is 6.57. The first-order chi connectivity index (χ1) is 9.07. The topological polar surface area (TPSA) is 69.6 Å². The average Bonchev–Trinajstić information content (AvgIpc) is 2.26. The quantitative estimate of drug-likeness (QED) is 0.755. The average molecular weight is 286 g/mol. The molecule has 5 nitrogen and oxygen atoms in total. The second kappa shape index (κ2) is 8.12. The number of rotatable bonds is 7. The van der Waals surface area contributed by atoms with Crippen LogP contribution in [0, 0.1) is 5.92 Å². The number of hydrogen-bond donors (Lipinski definition) is 2. The molecule has 0 heterocycles. The lowest BCUT2D eigenvalue weighted by Gasteiger charge is -2.36. The monoisotopic (exact) mass is 286 g/mol. The number of carboxylic acid groups (broad SMARTS) is 1. The van der Waals surface area contributed by atoms with Crippen LogP contribution in [0.5, 0.6) is 0 Å². The summed E-state index contributed by atoms with van der Waals surface area (Å²) in [5.41, 5.74) is -0.393. The highest BCUT2D eigenvalue weighted by Gasteiger charge is 2.27. The van der Waals surface area contributed by atoms with Crippen LogP contribution in [0.4, 0.5) is 4.79 Å². The van der Waals surface area contributed by atoms with Crippen molar-refractivity contribution in [3.05, 3.63) is 0 Å². The number of nitrogens with zero attached hydrogens (tertiary/aromatic N) is 1. The van der Waals surface area contributed by atoms with Gasteiger partial charge in [0.1, 0.15) is 0 Å². The molecule has 0 aromatic rings. The lowest BCUT2D eigenvalue weighted by atomic mass is 10.0. The maximum absolute atomic E-state index is 12.3. The number of aliphatic carboxylic acids is 1. The molecule has 0 aromatic carbocycles. The Labute approximate surface area is 122 Å². The van der Waals surface area contributed by atoms with E-state index in [9.17, 15) is 9.59 Å². The van der Waals surface area contributed by atoms with Gasteiger partial charge in [-0.2, -0.15) is 0 Å².